The molecule has 5 atom stereocenters. The van der Waals surface area contributed by atoms with Gasteiger partial charge in [0.15, 0.2) is 0 Å². The van der Waals surface area contributed by atoms with E-state index in [1.54, 1.807) is 31.2 Å². The summed E-state index contributed by atoms with van der Waals surface area (Å²) in [6.45, 7) is 3.08. The lowest BCUT2D eigenvalue weighted by Crippen LogP contribution is -2.88. The predicted octanol–water partition coefficient (Wildman–Crippen LogP) is 0.616. The fraction of sp³-hybridized carbons (Fsp3) is 0.438. The summed E-state index contributed by atoms with van der Waals surface area (Å²) >= 11 is 0. The summed E-state index contributed by atoms with van der Waals surface area (Å²) in [5, 5.41) is 11.2. The zero-order valence-corrected chi connectivity index (χ0v) is 14.2. The topological polar surface area (TPSA) is 101 Å². The first-order valence-electron chi connectivity index (χ1n) is 7.63. The SMILES string of the molecule is CC1CS(=O)[C@H]2C(C)(NC(=O)Cc3ccccc3)C(=O)[N+]12C(=O)O. The van der Waals surface area contributed by atoms with E-state index in [2.05, 4.69) is 5.32 Å². The number of β-lactam (4-membered cyclic amide) rings is 1. The number of amides is 3. The van der Waals surface area contributed by atoms with Crippen molar-refractivity contribution in [1.82, 2.24) is 5.32 Å². The fourth-order valence-corrected chi connectivity index (χ4v) is 6.21. The molecule has 4 unspecified atom stereocenters. The summed E-state index contributed by atoms with van der Waals surface area (Å²) in [6.07, 6.45) is -1.23. The largest absolute Gasteiger partial charge is 0.522 e. The summed E-state index contributed by atoms with van der Waals surface area (Å²) in [5.41, 5.74) is -0.634. The third-order valence-electron chi connectivity index (χ3n) is 4.92. The number of quaternary nitrogens is 1. The summed E-state index contributed by atoms with van der Waals surface area (Å²) in [6, 6.07) is 8.45. The highest BCUT2D eigenvalue weighted by atomic mass is 32.2. The second-order valence-electron chi connectivity index (χ2n) is 6.53. The van der Waals surface area contributed by atoms with Crippen LogP contribution in [0, 0.1) is 0 Å². The van der Waals surface area contributed by atoms with Gasteiger partial charge >= 0.3 is 12.0 Å². The van der Waals surface area contributed by atoms with Crippen molar-refractivity contribution in [2.45, 2.75) is 37.2 Å². The minimum absolute atomic E-state index is 0.0751. The molecule has 3 rings (SSSR count). The Labute approximate surface area is 141 Å². The molecule has 2 aliphatic heterocycles. The molecule has 2 N–H and O–H groups in total. The first-order valence-corrected chi connectivity index (χ1v) is 9.01. The lowest BCUT2D eigenvalue weighted by Gasteiger charge is -2.52. The van der Waals surface area contributed by atoms with Gasteiger partial charge in [-0.2, -0.15) is 4.79 Å². The van der Waals surface area contributed by atoms with Gasteiger partial charge in [0.05, 0.1) is 23.0 Å². The number of carbonyl (C=O) groups is 3. The van der Waals surface area contributed by atoms with Crippen LogP contribution in [0.2, 0.25) is 0 Å². The van der Waals surface area contributed by atoms with E-state index in [-0.39, 0.29) is 12.2 Å². The number of fused-ring (bicyclic) bond motifs is 1. The molecular formula is C16H19N2O5S+. The Kier molecular flexibility index (Phi) is 3.84. The molecule has 2 fully saturated rings. The highest BCUT2D eigenvalue weighted by molar-refractivity contribution is 7.86. The number of benzene rings is 1. The molecule has 2 aliphatic rings. The molecule has 2 saturated heterocycles. The summed E-state index contributed by atoms with van der Waals surface area (Å²) in [5.74, 6) is -0.871. The first-order chi connectivity index (χ1) is 11.2. The zero-order chi connectivity index (χ0) is 17.7. The molecule has 0 aromatic heterocycles. The molecule has 3 amide bonds. The molecule has 1 aromatic carbocycles. The number of nitrogens with one attached hydrogen (secondary N) is 1. The van der Waals surface area contributed by atoms with Crippen LogP contribution >= 0.6 is 0 Å². The maximum atomic E-state index is 12.7. The number of rotatable bonds is 3. The van der Waals surface area contributed by atoms with Crippen molar-refractivity contribution in [2.75, 3.05) is 5.75 Å². The van der Waals surface area contributed by atoms with Crippen LogP contribution in [0.3, 0.4) is 0 Å². The average Bonchev–Trinajstić information content (AvgIpc) is 2.77. The Balaban J connectivity index is 1.84. The van der Waals surface area contributed by atoms with Gasteiger partial charge in [-0.15, -0.1) is 4.48 Å². The fourth-order valence-electron chi connectivity index (χ4n) is 3.87. The Morgan fingerprint density at radius 2 is 2.00 bits per heavy atom. The van der Waals surface area contributed by atoms with Crippen LogP contribution in [0.15, 0.2) is 30.3 Å². The van der Waals surface area contributed by atoms with E-state index in [9.17, 15) is 23.7 Å². The van der Waals surface area contributed by atoms with Gasteiger partial charge in [-0.25, -0.2) is 4.79 Å². The van der Waals surface area contributed by atoms with Gasteiger partial charge in [-0.3, -0.25) is 9.00 Å². The van der Waals surface area contributed by atoms with Gasteiger partial charge in [0, 0.05) is 0 Å². The van der Waals surface area contributed by atoms with Crippen LogP contribution in [0.5, 0.6) is 0 Å². The maximum absolute atomic E-state index is 12.7. The van der Waals surface area contributed by atoms with Crippen LogP contribution in [-0.2, 0) is 26.8 Å². The van der Waals surface area contributed by atoms with Gasteiger partial charge in [0.25, 0.3) is 0 Å². The normalized spacial score (nSPS) is 37.4. The van der Waals surface area contributed by atoms with E-state index in [0.717, 1.165) is 5.56 Å². The zero-order valence-electron chi connectivity index (χ0n) is 13.4. The number of nitrogens with zero attached hydrogens (tertiary/aromatic N) is 1. The predicted molar refractivity (Wildman–Crippen MR) is 86.2 cm³/mol. The number of carboxylic acid groups (broad SMARTS) is 1. The standard InChI is InChI=1S/C16H18N2O5S/c1-10-9-24(23)14-16(2,13(20)18(10,14)15(21)22)17-12(19)8-11-6-4-3-5-7-11/h3-7,10,14H,8-9H2,1-2H3,(H-,17,19,21,22)/p+1/t10?,14-,16?,18?,24?/m0/s1. The van der Waals surface area contributed by atoms with Crippen molar-refractivity contribution in [3.8, 4) is 0 Å². The van der Waals surface area contributed by atoms with Crippen molar-refractivity contribution in [3.63, 3.8) is 0 Å². The molecular weight excluding hydrogens is 332 g/mol. The average molecular weight is 351 g/mol. The molecule has 1 aromatic rings. The summed E-state index contributed by atoms with van der Waals surface area (Å²) in [4.78, 5) is 36.7. The Bertz CT molecular complexity index is 752. The van der Waals surface area contributed by atoms with E-state index in [4.69, 9.17) is 0 Å². The van der Waals surface area contributed by atoms with Gasteiger partial charge in [0.1, 0.15) is 6.04 Å². The van der Waals surface area contributed by atoms with Crippen molar-refractivity contribution in [1.29, 1.82) is 0 Å². The first kappa shape index (κ1) is 16.8. The van der Waals surface area contributed by atoms with Crippen molar-refractivity contribution in [3.05, 3.63) is 35.9 Å². The number of imide groups is 1. The van der Waals surface area contributed by atoms with Crippen LogP contribution in [0.25, 0.3) is 0 Å². The molecule has 0 radical (unpaired) electrons. The van der Waals surface area contributed by atoms with Gasteiger partial charge in [0.2, 0.25) is 16.8 Å². The minimum atomic E-state index is -1.50. The number of hydrogen-bond acceptors (Lipinski definition) is 4. The Morgan fingerprint density at radius 1 is 1.38 bits per heavy atom. The molecule has 2 heterocycles. The smallest absolute Gasteiger partial charge is 0.435 e. The highest BCUT2D eigenvalue weighted by Crippen LogP contribution is 2.48. The molecule has 128 valence electrons. The molecule has 0 aliphatic carbocycles. The lowest BCUT2D eigenvalue weighted by atomic mass is 9.84. The van der Waals surface area contributed by atoms with Crippen molar-refractivity contribution in [2.24, 2.45) is 0 Å². The third-order valence-corrected chi connectivity index (χ3v) is 7.03. The van der Waals surface area contributed by atoms with Gasteiger partial charge in [-0.05, 0) is 19.4 Å². The van der Waals surface area contributed by atoms with Crippen LogP contribution in [0.4, 0.5) is 4.79 Å². The minimum Gasteiger partial charge on any atom is -0.435 e. The third kappa shape index (κ3) is 2.06. The Hall–Kier alpha value is -2.06. The second kappa shape index (κ2) is 5.49. The molecule has 0 saturated carbocycles. The molecule has 7 nitrogen and oxygen atoms in total. The van der Waals surface area contributed by atoms with E-state index in [1.807, 2.05) is 6.07 Å². The lowest BCUT2D eigenvalue weighted by molar-refractivity contribution is -0.845. The second-order valence-corrected chi connectivity index (χ2v) is 8.07. The van der Waals surface area contributed by atoms with Crippen molar-refractivity contribution < 1.29 is 28.2 Å². The molecule has 0 bridgehead atoms. The van der Waals surface area contributed by atoms with E-state index in [0.29, 0.717) is 0 Å². The number of hydrogen-bond donors (Lipinski definition) is 2. The van der Waals surface area contributed by atoms with E-state index < -0.39 is 50.1 Å². The summed E-state index contributed by atoms with van der Waals surface area (Å²) < 4.78 is 11.5. The van der Waals surface area contributed by atoms with Crippen LogP contribution in [0.1, 0.15) is 19.4 Å². The van der Waals surface area contributed by atoms with Gasteiger partial charge < -0.3 is 10.4 Å². The van der Waals surface area contributed by atoms with Crippen LogP contribution in [-0.4, -0.2) is 54.4 Å². The molecule has 24 heavy (non-hydrogen) atoms. The van der Waals surface area contributed by atoms with E-state index >= 15 is 0 Å². The maximum Gasteiger partial charge on any atom is 0.522 e. The molecule has 0 spiro atoms. The monoisotopic (exact) mass is 351 g/mol. The highest BCUT2D eigenvalue weighted by Gasteiger charge is 2.83. The quantitative estimate of drug-likeness (QED) is 0.614. The van der Waals surface area contributed by atoms with Crippen molar-refractivity contribution >= 4 is 28.7 Å². The summed E-state index contributed by atoms with van der Waals surface area (Å²) in [7, 11) is -1.50. The Morgan fingerprint density at radius 3 is 2.58 bits per heavy atom. The van der Waals surface area contributed by atoms with Crippen LogP contribution < -0.4 is 5.32 Å². The van der Waals surface area contributed by atoms with E-state index in [1.165, 1.54) is 6.92 Å². The van der Waals surface area contributed by atoms with Gasteiger partial charge in [-0.1, -0.05) is 30.3 Å². The number of carbonyl (C=O) groups excluding carboxylic acids is 2. The molecule has 8 heteroatoms.